The average molecular weight is 366 g/mol. The molecule has 3 rings (SSSR count). The summed E-state index contributed by atoms with van der Waals surface area (Å²) in [5.74, 6) is -0.00574. The Kier molecular flexibility index (Phi) is 6.99. The highest BCUT2D eigenvalue weighted by molar-refractivity contribution is 5.94. The molecule has 1 N–H and O–H groups in total. The molecule has 2 heterocycles. The van der Waals surface area contributed by atoms with Crippen molar-refractivity contribution in [1.82, 2.24) is 15.2 Å². The molecule has 0 unspecified atom stereocenters. The van der Waals surface area contributed by atoms with E-state index in [-0.39, 0.29) is 11.9 Å². The van der Waals surface area contributed by atoms with Gasteiger partial charge in [0.2, 0.25) is 0 Å². The predicted molar refractivity (Wildman–Crippen MR) is 110 cm³/mol. The van der Waals surface area contributed by atoms with Gasteiger partial charge in [0.15, 0.2) is 0 Å². The Morgan fingerprint density at radius 2 is 1.93 bits per heavy atom. The lowest BCUT2D eigenvalue weighted by molar-refractivity contribution is 0.0939. The summed E-state index contributed by atoms with van der Waals surface area (Å²) < 4.78 is 0. The summed E-state index contributed by atoms with van der Waals surface area (Å²) in [7, 11) is 0. The second-order valence-corrected chi connectivity index (χ2v) is 7.74. The van der Waals surface area contributed by atoms with Crippen molar-refractivity contribution < 1.29 is 4.79 Å². The lowest BCUT2D eigenvalue weighted by Gasteiger charge is -2.20. The van der Waals surface area contributed by atoms with Crippen LogP contribution < -0.4 is 5.32 Å². The minimum atomic E-state index is -0.00574. The summed E-state index contributed by atoms with van der Waals surface area (Å²) in [6.07, 6.45) is 7.80. The Morgan fingerprint density at radius 3 is 2.67 bits per heavy atom. The fraction of sp³-hybridized carbons (Fsp3) is 0.478. The Balaban J connectivity index is 1.58. The molecule has 27 heavy (non-hydrogen) atoms. The van der Waals surface area contributed by atoms with E-state index in [4.69, 9.17) is 0 Å². The standard InChI is InChI=1S/C23H31N3O/c1-18-9-8-12-24-22(18)15-19(2)25-23(27)21-11-7-10-20(16-21)17-26-13-5-3-4-6-14-26/h7-12,16,19H,3-6,13-15,17H2,1-2H3,(H,25,27)/t19-/m1/s1. The van der Waals surface area contributed by atoms with Crippen LogP contribution >= 0.6 is 0 Å². The molecule has 1 fully saturated rings. The third-order valence-corrected chi connectivity index (χ3v) is 5.29. The topological polar surface area (TPSA) is 45.2 Å². The third kappa shape index (κ3) is 5.90. The summed E-state index contributed by atoms with van der Waals surface area (Å²) in [5.41, 5.74) is 4.17. The van der Waals surface area contributed by atoms with Gasteiger partial charge < -0.3 is 5.32 Å². The first-order valence-corrected chi connectivity index (χ1v) is 10.1. The zero-order valence-corrected chi connectivity index (χ0v) is 16.6. The van der Waals surface area contributed by atoms with Crippen molar-refractivity contribution in [3.05, 3.63) is 65.0 Å². The Bertz CT molecular complexity index is 751. The van der Waals surface area contributed by atoms with Crippen molar-refractivity contribution in [1.29, 1.82) is 0 Å². The molecular weight excluding hydrogens is 334 g/mol. The number of aryl methyl sites for hydroxylation is 1. The second-order valence-electron chi connectivity index (χ2n) is 7.74. The highest BCUT2D eigenvalue weighted by Gasteiger charge is 2.14. The van der Waals surface area contributed by atoms with Crippen LogP contribution in [-0.2, 0) is 13.0 Å². The van der Waals surface area contributed by atoms with Crippen LogP contribution in [0.2, 0.25) is 0 Å². The van der Waals surface area contributed by atoms with E-state index < -0.39 is 0 Å². The number of aromatic nitrogens is 1. The van der Waals surface area contributed by atoms with Crippen molar-refractivity contribution in [2.24, 2.45) is 0 Å². The van der Waals surface area contributed by atoms with E-state index >= 15 is 0 Å². The summed E-state index contributed by atoms with van der Waals surface area (Å²) >= 11 is 0. The molecular formula is C23H31N3O. The molecule has 144 valence electrons. The number of nitrogens with one attached hydrogen (secondary N) is 1. The Hall–Kier alpha value is -2.20. The van der Waals surface area contributed by atoms with Crippen LogP contribution in [0.25, 0.3) is 0 Å². The van der Waals surface area contributed by atoms with Gasteiger partial charge in [-0.1, -0.05) is 31.0 Å². The van der Waals surface area contributed by atoms with Gasteiger partial charge in [-0.15, -0.1) is 0 Å². The van der Waals surface area contributed by atoms with Crippen LogP contribution in [0.3, 0.4) is 0 Å². The van der Waals surface area contributed by atoms with Crippen molar-refractivity contribution in [2.45, 2.75) is 58.5 Å². The number of pyridine rings is 1. The maximum Gasteiger partial charge on any atom is 0.251 e. The van der Waals surface area contributed by atoms with Gasteiger partial charge in [-0.05, 0) is 69.1 Å². The number of benzene rings is 1. The van der Waals surface area contributed by atoms with E-state index in [0.717, 1.165) is 42.9 Å². The average Bonchev–Trinajstić information content (AvgIpc) is 2.92. The Morgan fingerprint density at radius 1 is 1.15 bits per heavy atom. The molecule has 1 aromatic carbocycles. The molecule has 1 amide bonds. The highest BCUT2D eigenvalue weighted by atomic mass is 16.1. The molecule has 0 radical (unpaired) electrons. The van der Waals surface area contributed by atoms with E-state index in [2.05, 4.69) is 34.3 Å². The third-order valence-electron chi connectivity index (χ3n) is 5.29. The zero-order chi connectivity index (χ0) is 19.1. The van der Waals surface area contributed by atoms with Gasteiger partial charge >= 0.3 is 0 Å². The van der Waals surface area contributed by atoms with Crippen LogP contribution in [0.15, 0.2) is 42.6 Å². The molecule has 0 spiro atoms. The van der Waals surface area contributed by atoms with Crippen LogP contribution in [0.1, 0.15) is 59.8 Å². The van der Waals surface area contributed by atoms with E-state index in [9.17, 15) is 4.79 Å². The van der Waals surface area contributed by atoms with Crippen LogP contribution in [-0.4, -0.2) is 34.9 Å². The number of carbonyl (C=O) groups excluding carboxylic acids is 1. The molecule has 1 aliphatic heterocycles. The summed E-state index contributed by atoms with van der Waals surface area (Å²) in [5, 5.41) is 3.12. The second kappa shape index (κ2) is 9.65. The SMILES string of the molecule is Cc1cccnc1C[C@@H](C)NC(=O)c1cccc(CN2CCCCCC2)c1. The van der Waals surface area contributed by atoms with E-state index in [1.54, 1.807) is 0 Å². The lowest BCUT2D eigenvalue weighted by atomic mass is 10.1. The van der Waals surface area contributed by atoms with Gasteiger partial charge in [0.25, 0.3) is 5.91 Å². The molecule has 4 heteroatoms. The fourth-order valence-electron chi connectivity index (χ4n) is 3.74. The van der Waals surface area contributed by atoms with Gasteiger partial charge in [0.1, 0.15) is 0 Å². The van der Waals surface area contributed by atoms with Gasteiger partial charge in [0, 0.05) is 36.5 Å². The number of hydrogen-bond donors (Lipinski definition) is 1. The number of rotatable bonds is 6. The number of hydrogen-bond acceptors (Lipinski definition) is 3. The van der Waals surface area contributed by atoms with Crippen molar-refractivity contribution in [2.75, 3.05) is 13.1 Å². The molecule has 0 saturated carbocycles. The van der Waals surface area contributed by atoms with E-state index in [0.29, 0.717) is 0 Å². The summed E-state index contributed by atoms with van der Waals surface area (Å²) in [6.45, 7) is 7.36. The predicted octanol–water partition coefficient (Wildman–Crippen LogP) is 4.13. The molecule has 1 aromatic heterocycles. The smallest absolute Gasteiger partial charge is 0.251 e. The number of amides is 1. The van der Waals surface area contributed by atoms with Gasteiger partial charge in [-0.25, -0.2) is 0 Å². The summed E-state index contributed by atoms with van der Waals surface area (Å²) in [4.78, 5) is 19.6. The van der Waals surface area contributed by atoms with Gasteiger partial charge in [0.05, 0.1) is 0 Å². The normalized spacial score (nSPS) is 16.5. The van der Waals surface area contributed by atoms with Crippen molar-refractivity contribution >= 4 is 5.91 Å². The quantitative estimate of drug-likeness (QED) is 0.837. The first kappa shape index (κ1) is 19.6. The first-order chi connectivity index (χ1) is 13.1. The molecule has 0 bridgehead atoms. The number of nitrogens with zero attached hydrogens (tertiary/aromatic N) is 2. The van der Waals surface area contributed by atoms with E-state index in [1.807, 2.05) is 37.4 Å². The fourth-order valence-corrected chi connectivity index (χ4v) is 3.74. The minimum absolute atomic E-state index is 0.00574. The zero-order valence-electron chi connectivity index (χ0n) is 16.6. The Labute approximate surface area is 163 Å². The number of carbonyl (C=O) groups is 1. The molecule has 1 saturated heterocycles. The molecule has 1 atom stereocenters. The lowest BCUT2D eigenvalue weighted by Crippen LogP contribution is -2.34. The largest absolute Gasteiger partial charge is 0.349 e. The minimum Gasteiger partial charge on any atom is -0.349 e. The molecule has 4 nitrogen and oxygen atoms in total. The van der Waals surface area contributed by atoms with Crippen molar-refractivity contribution in [3.8, 4) is 0 Å². The van der Waals surface area contributed by atoms with Gasteiger partial charge in [-0.2, -0.15) is 0 Å². The molecule has 1 aliphatic rings. The maximum atomic E-state index is 12.7. The number of likely N-dealkylation sites (tertiary alicyclic amines) is 1. The molecule has 0 aliphatic carbocycles. The van der Waals surface area contributed by atoms with Crippen LogP contribution in [0.5, 0.6) is 0 Å². The molecule has 2 aromatic rings. The van der Waals surface area contributed by atoms with Crippen molar-refractivity contribution in [3.63, 3.8) is 0 Å². The van der Waals surface area contributed by atoms with Gasteiger partial charge in [-0.3, -0.25) is 14.7 Å². The maximum absolute atomic E-state index is 12.7. The first-order valence-electron chi connectivity index (χ1n) is 10.1. The van der Waals surface area contributed by atoms with Crippen LogP contribution in [0.4, 0.5) is 0 Å². The van der Waals surface area contributed by atoms with E-state index in [1.165, 1.54) is 31.2 Å². The monoisotopic (exact) mass is 365 g/mol. The van der Waals surface area contributed by atoms with Crippen LogP contribution in [0, 0.1) is 6.92 Å². The summed E-state index contributed by atoms with van der Waals surface area (Å²) in [6, 6.07) is 12.1. The highest BCUT2D eigenvalue weighted by Crippen LogP contribution is 2.15.